The third kappa shape index (κ3) is 2.97. The highest BCUT2D eigenvalue weighted by atomic mass is 31.2. The highest BCUT2D eigenvalue weighted by Crippen LogP contribution is 2.28. The minimum atomic E-state index is -5.14. The van der Waals surface area contributed by atoms with Gasteiger partial charge in [0.1, 0.15) is 18.3 Å². The lowest BCUT2D eigenvalue weighted by atomic mass is 10.1. The highest BCUT2D eigenvalue weighted by Gasteiger charge is 2.41. The molecule has 9 heteroatoms. The van der Waals surface area contributed by atoms with E-state index in [0.717, 1.165) is 0 Å². The van der Waals surface area contributed by atoms with E-state index < -0.39 is 39.0 Å². The smallest absolute Gasteiger partial charge is 0.184 e. The van der Waals surface area contributed by atoms with Crippen LogP contribution in [0.5, 0.6) is 0 Å². The van der Waals surface area contributed by atoms with Gasteiger partial charge in [-0.25, -0.2) is 0 Å². The summed E-state index contributed by atoms with van der Waals surface area (Å²) < 4.78 is 18.4. The molecule has 4 atom stereocenters. The van der Waals surface area contributed by atoms with Crippen LogP contribution in [-0.2, 0) is 13.8 Å². The topological polar surface area (TPSA) is 142 Å². The summed E-state index contributed by atoms with van der Waals surface area (Å²) in [5, 5.41) is 26.9. The van der Waals surface area contributed by atoms with Crippen LogP contribution in [0.1, 0.15) is 0 Å². The van der Waals surface area contributed by atoms with Crippen LogP contribution in [0.4, 0.5) is 0 Å². The molecule has 0 unspecified atom stereocenters. The molecule has 84 valence electrons. The predicted molar refractivity (Wildman–Crippen MR) is 36.5 cm³/mol. The second kappa shape index (κ2) is 4.21. The molecule has 3 N–H and O–H groups in total. The third-order valence-electron chi connectivity index (χ3n) is 1.73. The van der Waals surface area contributed by atoms with Gasteiger partial charge in [0.05, 0.1) is 14.4 Å². The average molecular weight is 228 g/mol. The van der Waals surface area contributed by atoms with Crippen LogP contribution in [0.3, 0.4) is 0 Å². The molecule has 0 aliphatic carbocycles. The molecule has 0 spiro atoms. The average Bonchev–Trinajstić information content (AvgIpc) is 2.28. The summed E-state index contributed by atoms with van der Waals surface area (Å²) in [6.07, 6.45) is -5.88. The molecule has 14 heavy (non-hydrogen) atoms. The molecule has 1 heterocycles. The molecule has 0 amide bonds. The molecule has 1 aliphatic heterocycles. The molecular weight excluding hydrogens is 219 g/mol. The number of aliphatic hydroxyl groups is 3. The minimum Gasteiger partial charge on any atom is -0.790 e. The van der Waals surface area contributed by atoms with Gasteiger partial charge in [-0.05, 0) is 0 Å². The molecule has 1 rings (SSSR count). The van der Waals surface area contributed by atoms with Crippen LogP contribution in [-0.4, -0.2) is 46.5 Å². The monoisotopic (exact) mass is 228 g/mol. The summed E-state index contributed by atoms with van der Waals surface area (Å²) in [5.74, 6) is 0. The van der Waals surface area contributed by atoms with E-state index in [9.17, 15) is 14.4 Å². The Hall–Kier alpha value is -0.0500. The van der Waals surface area contributed by atoms with Gasteiger partial charge >= 0.3 is 0 Å². The van der Waals surface area contributed by atoms with Gasteiger partial charge in [-0.15, -0.1) is 0 Å². The summed E-state index contributed by atoms with van der Waals surface area (Å²) in [6.45, 7) is -0.737. The Balaban J connectivity index is 2.44. The Kier molecular flexibility index (Phi) is 3.62. The van der Waals surface area contributed by atoms with Gasteiger partial charge in [0.25, 0.3) is 0 Å². The number of aliphatic hydroxyl groups excluding tert-OH is 3. The van der Waals surface area contributed by atoms with E-state index in [-0.39, 0.29) is 0 Å². The lowest BCUT2D eigenvalue weighted by Crippen LogP contribution is -2.35. The molecule has 1 saturated heterocycles. The Morgan fingerprint density at radius 1 is 1.29 bits per heavy atom. The van der Waals surface area contributed by atoms with E-state index in [1.165, 1.54) is 0 Å². The molecule has 0 aromatic rings. The molecule has 8 nitrogen and oxygen atoms in total. The van der Waals surface area contributed by atoms with E-state index >= 15 is 0 Å². The van der Waals surface area contributed by atoms with Crippen LogP contribution in [0.25, 0.3) is 0 Å². The molecule has 0 bridgehead atoms. The SMILES string of the molecule is O=P([O-])([O-])OC[C@H]1O[C@H](O)[C@H](O)[C@@H]1O. The number of hydrogen-bond acceptors (Lipinski definition) is 8. The Bertz CT molecular complexity index is 238. The summed E-state index contributed by atoms with van der Waals surface area (Å²) >= 11 is 0. The van der Waals surface area contributed by atoms with Crippen molar-refractivity contribution in [2.75, 3.05) is 6.61 Å². The van der Waals surface area contributed by atoms with E-state index in [0.29, 0.717) is 0 Å². The normalized spacial score (nSPS) is 38.9. The fourth-order valence-electron chi connectivity index (χ4n) is 1.03. The third-order valence-corrected chi connectivity index (χ3v) is 2.20. The van der Waals surface area contributed by atoms with E-state index in [1.807, 2.05) is 0 Å². The molecule has 1 fully saturated rings. The van der Waals surface area contributed by atoms with Crippen molar-refractivity contribution in [2.45, 2.75) is 24.6 Å². The van der Waals surface area contributed by atoms with Crippen molar-refractivity contribution in [3.63, 3.8) is 0 Å². The van der Waals surface area contributed by atoms with Crippen molar-refractivity contribution in [3.05, 3.63) is 0 Å². The first-order valence-corrected chi connectivity index (χ1v) is 5.13. The quantitative estimate of drug-likeness (QED) is 0.418. The standard InChI is InChI=1S/C5H11O8P/c6-3-2(1-12-14(9,10)11)13-5(8)4(3)7/h2-8H,1H2,(H2,9,10,11)/p-2/t2-,3-,4-,5+/m1/s1. The van der Waals surface area contributed by atoms with Gasteiger partial charge in [0.15, 0.2) is 6.29 Å². The van der Waals surface area contributed by atoms with E-state index in [2.05, 4.69) is 9.26 Å². The van der Waals surface area contributed by atoms with E-state index in [1.54, 1.807) is 0 Å². The lowest BCUT2D eigenvalue weighted by molar-refractivity contribution is -0.343. The lowest BCUT2D eigenvalue weighted by Gasteiger charge is -2.30. The number of phosphoric ester groups is 1. The number of ether oxygens (including phenoxy) is 1. The minimum absolute atomic E-state index is 0.737. The van der Waals surface area contributed by atoms with Crippen molar-refractivity contribution in [1.29, 1.82) is 0 Å². The zero-order valence-corrected chi connectivity index (χ0v) is 7.74. The van der Waals surface area contributed by atoms with Crippen LogP contribution >= 0.6 is 7.82 Å². The van der Waals surface area contributed by atoms with Crippen molar-refractivity contribution >= 4 is 7.82 Å². The molecule has 0 aromatic carbocycles. The van der Waals surface area contributed by atoms with Gasteiger partial charge in [-0.3, -0.25) is 0 Å². The van der Waals surface area contributed by atoms with Crippen molar-refractivity contribution in [1.82, 2.24) is 0 Å². The fraction of sp³-hybridized carbons (Fsp3) is 1.00. The Morgan fingerprint density at radius 2 is 1.86 bits per heavy atom. The zero-order valence-electron chi connectivity index (χ0n) is 6.85. The maximum Gasteiger partial charge on any atom is 0.184 e. The number of hydrogen-bond donors (Lipinski definition) is 3. The molecule has 0 saturated carbocycles. The van der Waals surface area contributed by atoms with Gasteiger partial charge in [0, 0.05) is 0 Å². The van der Waals surface area contributed by atoms with Crippen molar-refractivity contribution in [2.24, 2.45) is 0 Å². The maximum atomic E-state index is 10.0. The van der Waals surface area contributed by atoms with Gasteiger partial charge < -0.3 is 38.9 Å². The van der Waals surface area contributed by atoms with Crippen LogP contribution in [0.15, 0.2) is 0 Å². The number of phosphoric acid groups is 1. The first-order chi connectivity index (χ1) is 6.31. The first kappa shape index (κ1) is 12.0. The fourth-order valence-corrected chi connectivity index (χ4v) is 1.36. The first-order valence-electron chi connectivity index (χ1n) is 3.67. The summed E-state index contributed by atoms with van der Waals surface area (Å²) in [5.41, 5.74) is 0. The largest absolute Gasteiger partial charge is 0.790 e. The zero-order chi connectivity index (χ0) is 10.9. The Labute approximate surface area is 78.9 Å². The highest BCUT2D eigenvalue weighted by molar-refractivity contribution is 7.43. The predicted octanol–water partition coefficient (Wildman–Crippen LogP) is -3.73. The molecule has 1 aliphatic rings. The van der Waals surface area contributed by atoms with Crippen LogP contribution in [0, 0.1) is 0 Å². The van der Waals surface area contributed by atoms with Gasteiger partial charge in [-0.2, -0.15) is 0 Å². The van der Waals surface area contributed by atoms with E-state index in [4.69, 9.17) is 15.3 Å². The second-order valence-electron chi connectivity index (χ2n) is 2.79. The van der Waals surface area contributed by atoms with Crippen molar-refractivity contribution < 1.29 is 38.9 Å². The molecular formula is C5H9O8P-2. The van der Waals surface area contributed by atoms with Crippen molar-refractivity contribution in [3.8, 4) is 0 Å². The summed E-state index contributed by atoms with van der Waals surface area (Å²) in [4.78, 5) is 20.1. The maximum absolute atomic E-state index is 10.0. The Morgan fingerprint density at radius 3 is 2.21 bits per heavy atom. The van der Waals surface area contributed by atoms with Gasteiger partial charge in [-0.1, -0.05) is 0 Å². The van der Waals surface area contributed by atoms with Gasteiger partial charge in [0.2, 0.25) is 0 Å². The summed E-state index contributed by atoms with van der Waals surface area (Å²) in [6, 6.07) is 0. The second-order valence-corrected chi connectivity index (χ2v) is 3.94. The molecule has 0 aromatic heterocycles. The molecule has 0 radical (unpaired) electrons. The summed E-state index contributed by atoms with van der Waals surface area (Å²) in [7, 11) is -5.14. The van der Waals surface area contributed by atoms with Crippen LogP contribution in [0.2, 0.25) is 0 Å². The van der Waals surface area contributed by atoms with Crippen LogP contribution < -0.4 is 9.79 Å². The number of rotatable bonds is 3.